The zero-order valence-corrected chi connectivity index (χ0v) is 13.1. The molecular weight excluding hydrogens is 286 g/mol. The number of hydrogen-bond donors (Lipinski definition) is 1. The van der Waals surface area contributed by atoms with Crippen molar-refractivity contribution in [2.24, 2.45) is 0 Å². The Morgan fingerprint density at radius 2 is 2.00 bits per heavy atom. The fourth-order valence-corrected chi connectivity index (χ4v) is 3.04. The fourth-order valence-electron chi connectivity index (χ4n) is 3.04. The second-order valence-electron chi connectivity index (χ2n) is 5.50. The molecule has 0 radical (unpaired) electrons. The highest BCUT2D eigenvalue weighted by Crippen LogP contribution is 2.35. The van der Waals surface area contributed by atoms with Crippen LogP contribution in [0, 0.1) is 6.92 Å². The Bertz CT molecular complexity index is 1000. The number of para-hydroxylation sites is 1. The van der Waals surface area contributed by atoms with Crippen molar-refractivity contribution in [1.29, 1.82) is 0 Å². The van der Waals surface area contributed by atoms with Gasteiger partial charge in [0, 0.05) is 17.1 Å². The lowest BCUT2D eigenvalue weighted by Crippen LogP contribution is -1.92. The maximum atomic E-state index is 5.52. The Morgan fingerprint density at radius 3 is 2.87 bits per heavy atom. The summed E-state index contributed by atoms with van der Waals surface area (Å²) in [5.74, 6) is 0. The third kappa shape index (κ3) is 2.23. The van der Waals surface area contributed by atoms with Crippen molar-refractivity contribution in [3.63, 3.8) is 0 Å². The Kier molecular flexibility index (Phi) is 3.23. The second-order valence-corrected chi connectivity index (χ2v) is 5.50. The number of nitrogens with one attached hydrogen (secondary N) is 1. The first-order valence-corrected chi connectivity index (χ1v) is 7.74. The lowest BCUT2D eigenvalue weighted by molar-refractivity contribution is 0.317. The number of nitrogens with zero attached hydrogens (tertiary/aromatic N) is 2. The van der Waals surface area contributed by atoms with Gasteiger partial charge in [-0.15, -0.1) is 0 Å². The summed E-state index contributed by atoms with van der Waals surface area (Å²) in [6.07, 6.45) is 1.82. The summed E-state index contributed by atoms with van der Waals surface area (Å²) in [7, 11) is 0. The minimum Gasteiger partial charge on any atom is -0.465 e. The van der Waals surface area contributed by atoms with E-state index in [1.165, 1.54) is 11.1 Å². The molecule has 4 nitrogen and oxygen atoms in total. The summed E-state index contributed by atoms with van der Waals surface area (Å²) < 4.78 is 5.52. The maximum Gasteiger partial charge on any atom is 0.294 e. The van der Waals surface area contributed by atoms with Crippen LogP contribution in [-0.4, -0.2) is 21.6 Å². The van der Waals surface area contributed by atoms with E-state index in [1.807, 2.05) is 31.3 Å². The molecular formula is C19H17N3O. The Balaban J connectivity index is 2.04. The third-order valence-electron chi connectivity index (χ3n) is 4.03. The molecule has 4 aromatic rings. The zero-order chi connectivity index (χ0) is 15.8. The van der Waals surface area contributed by atoms with Crippen LogP contribution in [0.25, 0.3) is 33.1 Å². The molecule has 0 fully saturated rings. The molecule has 114 valence electrons. The highest BCUT2D eigenvalue weighted by Gasteiger charge is 2.14. The first kappa shape index (κ1) is 13.8. The molecule has 2 aromatic carbocycles. The number of ether oxygens (including phenoxy) is 1. The van der Waals surface area contributed by atoms with E-state index in [4.69, 9.17) is 4.74 Å². The fraction of sp³-hybridized carbons (Fsp3) is 0.158. The molecule has 2 aromatic heterocycles. The highest BCUT2D eigenvalue weighted by atomic mass is 16.5. The maximum absolute atomic E-state index is 5.52. The van der Waals surface area contributed by atoms with Crippen LogP contribution in [-0.2, 0) is 0 Å². The molecule has 0 amide bonds. The van der Waals surface area contributed by atoms with Gasteiger partial charge in [0.2, 0.25) is 0 Å². The average Bonchev–Trinajstić information content (AvgIpc) is 2.98. The van der Waals surface area contributed by atoms with Crippen molar-refractivity contribution in [1.82, 2.24) is 15.0 Å². The molecule has 0 unspecified atom stereocenters. The number of benzene rings is 2. The standard InChI is InChI=1S/C19H17N3O/c1-3-23-19-21-16-8-4-6-14(18(16)22-19)17-12(2)9-10-15-13(17)7-5-11-20-15/h4-11H,3H2,1-2H3,(H,21,22). The summed E-state index contributed by atoms with van der Waals surface area (Å²) in [4.78, 5) is 12.3. The molecule has 0 aliphatic carbocycles. The number of rotatable bonds is 3. The molecule has 0 aliphatic heterocycles. The average molecular weight is 303 g/mol. The molecule has 1 N–H and O–H groups in total. The molecule has 4 heteroatoms. The van der Waals surface area contributed by atoms with Gasteiger partial charge in [-0.25, -0.2) is 0 Å². The first-order chi connectivity index (χ1) is 11.3. The van der Waals surface area contributed by atoms with Crippen molar-refractivity contribution in [2.45, 2.75) is 13.8 Å². The highest BCUT2D eigenvalue weighted by molar-refractivity contribution is 6.03. The van der Waals surface area contributed by atoms with Crippen LogP contribution in [0.4, 0.5) is 0 Å². The number of aromatic nitrogens is 3. The van der Waals surface area contributed by atoms with Gasteiger partial charge in [-0.1, -0.05) is 24.3 Å². The molecule has 0 atom stereocenters. The second kappa shape index (κ2) is 5.39. The van der Waals surface area contributed by atoms with E-state index < -0.39 is 0 Å². The van der Waals surface area contributed by atoms with Crippen LogP contribution < -0.4 is 4.74 Å². The van der Waals surface area contributed by atoms with Gasteiger partial charge < -0.3 is 9.72 Å². The number of H-pyrrole nitrogens is 1. The Labute approximate surface area is 134 Å². The normalized spacial score (nSPS) is 11.2. The van der Waals surface area contributed by atoms with Crippen LogP contribution in [0.1, 0.15) is 12.5 Å². The number of hydrogen-bond acceptors (Lipinski definition) is 3. The van der Waals surface area contributed by atoms with E-state index in [9.17, 15) is 0 Å². The van der Waals surface area contributed by atoms with Crippen LogP contribution in [0.15, 0.2) is 48.7 Å². The van der Waals surface area contributed by atoms with E-state index in [-0.39, 0.29) is 0 Å². The lowest BCUT2D eigenvalue weighted by Gasteiger charge is -2.10. The Hall–Kier alpha value is -2.88. The lowest BCUT2D eigenvalue weighted by atomic mass is 9.95. The topological polar surface area (TPSA) is 50.8 Å². The van der Waals surface area contributed by atoms with E-state index in [1.54, 1.807) is 0 Å². The number of fused-ring (bicyclic) bond motifs is 2. The number of aromatic amines is 1. The van der Waals surface area contributed by atoms with E-state index in [2.05, 4.69) is 46.1 Å². The molecule has 0 spiro atoms. The summed E-state index contributed by atoms with van der Waals surface area (Å²) in [5.41, 5.74) is 6.38. The van der Waals surface area contributed by atoms with Crippen molar-refractivity contribution < 1.29 is 4.74 Å². The number of aryl methyl sites for hydroxylation is 1. The minimum atomic E-state index is 0.561. The molecule has 0 saturated carbocycles. The SMILES string of the molecule is CCOc1nc2c(-c3c(C)ccc4ncccc34)cccc2[nH]1. The van der Waals surface area contributed by atoms with Crippen molar-refractivity contribution in [3.8, 4) is 17.1 Å². The summed E-state index contributed by atoms with van der Waals surface area (Å²) >= 11 is 0. The van der Waals surface area contributed by atoms with Gasteiger partial charge in [-0.2, -0.15) is 4.98 Å². The molecule has 23 heavy (non-hydrogen) atoms. The molecule has 0 saturated heterocycles. The zero-order valence-electron chi connectivity index (χ0n) is 13.1. The largest absolute Gasteiger partial charge is 0.465 e. The van der Waals surface area contributed by atoms with E-state index in [0.717, 1.165) is 27.5 Å². The molecule has 0 bridgehead atoms. The quantitative estimate of drug-likeness (QED) is 0.607. The van der Waals surface area contributed by atoms with Gasteiger partial charge in [-0.3, -0.25) is 4.98 Å². The minimum absolute atomic E-state index is 0.561. The van der Waals surface area contributed by atoms with E-state index >= 15 is 0 Å². The van der Waals surface area contributed by atoms with Crippen LogP contribution in [0.2, 0.25) is 0 Å². The number of imidazole rings is 1. The summed E-state index contributed by atoms with van der Waals surface area (Å²) in [5, 5.41) is 1.14. The predicted octanol–water partition coefficient (Wildman–Crippen LogP) is 4.49. The summed E-state index contributed by atoms with van der Waals surface area (Å²) in [6, 6.07) is 15.0. The van der Waals surface area contributed by atoms with E-state index in [0.29, 0.717) is 12.6 Å². The molecule has 0 aliphatic rings. The van der Waals surface area contributed by atoms with Crippen molar-refractivity contribution >= 4 is 21.9 Å². The summed E-state index contributed by atoms with van der Waals surface area (Å²) in [6.45, 7) is 4.66. The Morgan fingerprint density at radius 1 is 1.09 bits per heavy atom. The monoisotopic (exact) mass is 303 g/mol. The van der Waals surface area contributed by atoms with Crippen LogP contribution in [0.5, 0.6) is 6.01 Å². The molecule has 4 rings (SSSR count). The van der Waals surface area contributed by atoms with Gasteiger partial charge in [0.25, 0.3) is 6.01 Å². The smallest absolute Gasteiger partial charge is 0.294 e. The van der Waals surface area contributed by atoms with Crippen LogP contribution >= 0.6 is 0 Å². The predicted molar refractivity (Wildman–Crippen MR) is 92.7 cm³/mol. The van der Waals surface area contributed by atoms with Gasteiger partial charge in [-0.05, 0) is 43.2 Å². The van der Waals surface area contributed by atoms with Crippen molar-refractivity contribution in [3.05, 3.63) is 54.2 Å². The van der Waals surface area contributed by atoms with Gasteiger partial charge in [0.05, 0.1) is 17.6 Å². The van der Waals surface area contributed by atoms with Gasteiger partial charge in [0.1, 0.15) is 5.52 Å². The molecule has 2 heterocycles. The van der Waals surface area contributed by atoms with Gasteiger partial charge >= 0.3 is 0 Å². The third-order valence-corrected chi connectivity index (χ3v) is 4.03. The first-order valence-electron chi connectivity index (χ1n) is 7.74. The van der Waals surface area contributed by atoms with Gasteiger partial charge in [0.15, 0.2) is 0 Å². The van der Waals surface area contributed by atoms with Crippen molar-refractivity contribution in [2.75, 3.05) is 6.61 Å². The van der Waals surface area contributed by atoms with Crippen LogP contribution in [0.3, 0.4) is 0 Å². The number of pyridine rings is 1.